The fourth-order valence-corrected chi connectivity index (χ4v) is 12.8. The molecule has 350 valence electrons. The average Bonchev–Trinajstić information content (AvgIpc) is 4.19. The highest BCUT2D eigenvalue weighted by Gasteiger charge is 2.50. The predicted octanol–water partition coefficient (Wildman–Crippen LogP) is 19.3. The van der Waals surface area contributed by atoms with Gasteiger partial charge in [0.05, 0.1) is 22.1 Å². The monoisotopic (exact) mass is 952 g/mol. The summed E-state index contributed by atoms with van der Waals surface area (Å²) in [6.07, 6.45) is 0. The van der Waals surface area contributed by atoms with E-state index in [-0.39, 0.29) is 0 Å². The van der Waals surface area contributed by atoms with Crippen LogP contribution in [0.15, 0.2) is 291 Å². The number of benzene rings is 12. The largest absolute Gasteiger partial charge is 0.310 e. The summed E-state index contributed by atoms with van der Waals surface area (Å²) in [5.74, 6) is 0. The Balaban J connectivity index is 0.942. The van der Waals surface area contributed by atoms with Crippen LogP contribution in [0.1, 0.15) is 22.3 Å². The maximum Gasteiger partial charge on any atom is 0.0720 e. The number of nitrogens with zero attached hydrogens (tertiary/aromatic N) is 2. The third-order valence-corrected chi connectivity index (χ3v) is 16.0. The lowest BCUT2D eigenvalue weighted by molar-refractivity contribution is 0.771. The Kier molecular flexibility index (Phi) is 9.83. The summed E-state index contributed by atoms with van der Waals surface area (Å²) < 4.78 is 2.57. The Labute approximate surface area is 437 Å². The van der Waals surface area contributed by atoms with Gasteiger partial charge in [-0.3, -0.25) is 0 Å². The number of fused-ring (bicyclic) bond motifs is 6. The van der Waals surface area contributed by atoms with E-state index in [1.54, 1.807) is 0 Å². The molecular weight excluding hydrogens is 905 g/mol. The van der Waals surface area contributed by atoms with Crippen molar-refractivity contribution in [2.24, 2.45) is 0 Å². The van der Waals surface area contributed by atoms with E-state index in [1.807, 2.05) is 0 Å². The van der Waals surface area contributed by atoms with Gasteiger partial charge in [-0.2, -0.15) is 0 Å². The standard InChI is InChI=1S/C73H48N2/c1-5-21-49(22-6-1)53-26-18-33-59(46-53)74(60-34-19-27-54(47-60)50-23-7-2-8-24-50)58-43-41-51(42-44-58)52-25-17-28-55(45-52)64-48-65-62-36-14-16-40-68(62)75-67-39-15-13-35-61(67)63-37-20-38-66-69(63)70(72(65)75)71(64)73(66,56-29-9-3-10-30-56)57-31-11-4-12-32-57/h1-48H. The zero-order valence-corrected chi connectivity index (χ0v) is 41.1. The topological polar surface area (TPSA) is 8.17 Å². The van der Waals surface area contributed by atoms with Crippen LogP contribution in [-0.4, -0.2) is 4.57 Å². The van der Waals surface area contributed by atoms with Gasteiger partial charge < -0.3 is 9.47 Å². The SMILES string of the molecule is c1ccc(-c2cccc(N(c3ccc(-c4cccc(-c5cc6c7ccccc7n7c6c6c5C(c5ccccc5)(c5ccccc5)c5cccc(c5-6)-c5ccccc5-7)c4)cc3)c3cccc(-c4ccccc4)c3)c2)cc1. The van der Waals surface area contributed by atoms with Crippen molar-refractivity contribution in [1.29, 1.82) is 0 Å². The summed E-state index contributed by atoms with van der Waals surface area (Å²) in [6, 6.07) is 108. The van der Waals surface area contributed by atoms with Gasteiger partial charge in [0, 0.05) is 39.0 Å². The third-order valence-electron chi connectivity index (χ3n) is 16.0. The molecule has 1 aromatic heterocycles. The smallest absolute Gasteiger partial charge is 0.0720 e. The summed E-state index contributed by atoms with van der Waals surface area (Å²) in [4.78, 5) is 2.39. The molecule has 2 heterocycles. The summed E-state index contributed by atoms with van der Waals surface area (Å²) in [5.41, 5.74) is 26.1. The zero-order valence-electron chi connectivity index (χ0n) is 41.1. The minimum absolute atomic E-state index is 0.628. The number of rotatable bonds is 9. The molecule has 0 unspecified atom stereocenters. The summed E-state index contributed by atoms with van der Waals surface area (Å²) >= 11 is 0. The van der Waals surface area contributed by atoms with E-state index < -0.39 is 5.41 Å². The van der Waals surface area contributed by atoms with Gasteiger partial charge in [-0.1, -0.05) is 231 Å². The zero-order chi connectivity index (χ0) is 49.5. The van der Waals surface area contributed by atoms with Crippen LogP contribution >= 0.6 is 0 Å². The van der Waals surface area contributed by atoms with Crippen LogP contribution in [0.4, 0.5) is 17.1 Å². The third kappa shape index (κ3) is 6.60. The molecule has 13 aromatic rings. The Hall–Kier alpha value is -9.76. The van der Waals surface area contributed by atoms with Crippen molar-refractivity contribution < 1.29 is 0 Å². The minimum Gasteiger partial charge on any atom is -0.310 e. The number of hydrogen-bond donors (Lipinski definition) is 0. The number of para-hydroxylation sites is 2. The van der Waals surface area contributed by atoms with Gasteiger partial charge in [-0.25, -0.2) is 0 Å². The Morgan fingerprint density at radius 3 is 1.44 bits per heavy atom. The maximum atomic E-state index is 2.57. The van der Waals surface area contributed by atoms with Crippen molar-refractivity contribution >= 4 is 38.9 Å². The lowest BCUT2D eigenvalue weighted by atomic mass is 9.66. The first-order chi connectivity index (χ1) is 37.2. The molecule has 0 N–H and O–H groups in total. The van der Waals surface area contributed by atoms with Crippen molar-refractivity contribution in [2.45, 2.75) is 5.41 Å². The molecule has 1 aliphatic heterocycles. The lowest BCUT2D eigenvalue weighted by Crippen LogP contribution is -2.29. The molecule has 0 saturated carbocycles. The van der Waals surface area contributed by atoms with E-state index in [0.717, 1.165) is 28.2 Å². The highest BCUT2D eigenvalue weighted by molar-refractivity contribution is 6.21. The highest BCUT2D eigenvalue weighted by atomic mass is 15.1. The Morgan fingerprint density at radius 2 is 0.787 bits per heavy atom. The highest BCUT2D eigenvalue weighted by Crippen LogP contribution is 2.64. The van der Waals surface area contributed by atoms with E-state index in [1.165, 1.54) is 105 Å². The van der Waals surface area contributed by atoms with Crippen LogP contribution in [0, 0.1) is 0 Å². The first-order valence-electron chi connectivity index (χ1n) is 26.0. The average molecular weight is 953 g/mol. The first kappa shape index (κ1) is 42.9. The molecule has 0 bridgehead atoms. The molecular formula is C73H48N2. The van der Waals surface area contributed by atoms with E-state index >= 15 is 0 Å². The summed E-state index contributed by atoms with van der Waals surface area (Å²) in [5, 5.41) is 2.51. The van der Waals surface area contributed by atoms with Crippen LogP contribution in [0.3, 0.4) is 0 Å². The van der Waals surface area contributed by atoms with Gasteiger partial charge in [0.15, 0.2) is 0 Å². The van der Waals surface area contributed by atoms with Crippen molar-refractivity contribution in [3.8, 4) is 72.4 Å². The molecule has 15 rings (SSSR count). The quantitative estimate of drug-likeness (QED) is 0.140. The van der Waals surface area contributed by atoms with E-state index in [9.17, 15) is 0 Å². The Bertz CT molecular complexity index is 4200. The van der Waals surface area contributed by atoms with E-state index in [4.69, 9.17) is 0 Å². The first-order valence-corrected chi connectivity index (χ1v) is 26.0. The molecule has 0 spiro atoms. The van der Waals surface area contributed by atoms with Gasteiger partial charge in [0.2, 0.25) is 0 Å². The van der Waals surface area contributed by atoms with Crippen molar-refractivity contribution in [3.05, 3.63) is 313 Å². The number of aromatic nitrogens is 1. The van der Waals surface area contributed by atoms with Gasteiger partial charge in [0.25, 0.3) is 0 Å². The molecule has 12 aromatic carbocycles. The molecule has 2 heteroatoms. The minimum atomic E-state index is -0.628. The molecule has 0 radical (unpaired) electrons. The van der Waals surface area contributed by atoms with Crippen molar-refractivity contribution in [2.75, 3.05) is 4.90 Å². The Morgan fingerprint density at radius 1 is 0.293 bits per heavy atom. The van der Waals surface area contributed by atoms with Gasteiger partial charge >= 0.3 is 0 Å². The van der Waals surface area contributed by atoms with Crippen LogP contribution < -0.4 is 4.90 Å². The van der Waals surface area contributed by atoms with Crippen LogP contribution in [-0.2, 0) is 5.41 Å². The van der Waals surface area contributed by atoms with Gasteiger partial charge in [-0.05, 0) is 139 Å². The second-order valence-corrected chi connectivity index (χ2v) is 19.9. The van der Waals surface area contributed by atoms with Crippen LogP contribution in [0.2, 0.25) is 0 Å². The second kappa shape index (κ2) is 17.2. The van der Waals surface area contributed by atoms with E-state index in [2.05, 4.69) is 301 Å². The summed E-state index contributed by atoms with van der Waals surface area (Å²) in [7, 11) is 0. The fraction of sp³-hybridized carbons (Fsp3) is 0.0137. The molecule has 0 saturated heterocycles. The fourth-order valence-electron chi connectivity index (χ4n) is 12.8. The molecule has 0 fully saturated rings. The van der Waals surface area contributed by atoms with Crippen LogP contribution in [0.25, 0.3) is 94.3 Å². The predicted molar refractivity (Wildman–Crippen MR) is 314 cm³/mol. The normalized spacial score (nSPS) is 12.6. The molecule has 1 aliphatic carbocycles. The summed E-state index contributed by atoms with van der Waals surface area (Å²) in [6.45, 7) is 0. The number of hydrogen-bond acceptors (Lipinski definition) is 1. The molecule has 2 aliphatic rings. The molecule has 75 heavy (non-hydrogen) atoms. The van der Waals surface area contributed by atoms with Gasteiger partial charge in [-0.15, -0.1) is 0 Å². The molecule has 0 atom stereocenters. The molecule has 0 amide bonds. The second-order valence-electron chi connectivity index (χ2n) is 19.9. The van der Waals surface area contributed by atoms with E-state index in [0.29, 0.717) is 0 Å². The van der Waals surface area contributed by atoms with Crippen molar-refractivity contribution in [1.82, 2.24) is 4.57 Å². The molecule has 2 nitrogen and oxygen atoms in total. The van der Waals surface area contributed by atoms with Crippen molar-refractivity contribution in [3.63, 3.8) is 0 Å². The maximum absolute atomic E-state index is 2.57. The number of anilines is 3. The van der Waals surface area contributed by atoms with Crippen LogP contribution in [0.5, 0.6) is 0 Å². The lowest BCUT2D eigenvalue weighted by Gasteiger charge is -2.35. The van der Waals surface area contributed by atoms with Gasteiger partial charge in [0.1, 0.15) is 0 Å².